The van der Waals surface area contributed by atoms with Crippen molar-refractivity contribution in [1.29, 1.82) is 5.26 Å². The first-order chi connectivity index (χ1) is 7.17. The van der Waals surface area contributed by atoms with E-state index in [0.29, 0.717) is 5.69 Å². The Morgan fingerprint density at radius 1 is 1.67 bits per heavy atom. The van der Waals surface area contributed by atoms with Gasteiger partial charge in [0.2, 0.25) is 5.91 Å². The Morgan fingerprint density at radius 3 is 2.93 bits per heavy atom. The summed E-state index contributed by atoms with van der Waals surface area (Å²) in [5.74, 6) is 0.451. The van der Waals surface area contributed by atoms with Gasteiger partial charge in [-0.05, 0) is 40.8 Å². The van der Waals surface area contributed by atoms with Gasteiger partial charge in [0.05, 0.1) is 16.7 Å². The lowest BCUT2D eigenvalue weighted by Crippen LogP contribution is -2.10. The van der Waals surface area contributed by atoms with Crippen LogP contribution in [0.25, 0.3) is 0 Å². The molecule has 4 nitrogen and oxygen atoms in total. The van der Waals surface area contributed by atoms with Crippen molar-refractivity contribution >= 4 is 34.2 Å². The van der Waals surface area contributed by atoms with Crippen molar-refractivity contribution in [1.82, 2.24) is 0 Å². The first kappa shape index (κ1) is 11.8. The summed E-state index contributed by atoms with van der Waals surface area (Å²) < 4.78 is 5.99. The van der Waals surface area contributed by atoms with Crippen LogP contribution in [-0.4, -0.2) is 13.0 Å². The van der Waals surface area contributed by atoms with E-state index in [9.17, 15) is 4.79 Å². The van der Waals surface area contributed by atoms with E-state index in [1.807, 2.05) is 0 Å². The lowest BCUT2D eigenvalue weighted by molar-refractivity contribution is -0.115. The predicted molar refractivity (Wildman–Crippen MR) is 64.6 cm³/mol. The van der Waals surface area contributed by atoms with Gasteiger partial charge >= 0.3 is 0 Å². The quantitative estimate of drug-likeness (QED) is 0.869. The van der Waals surface area contributed by atoms with Gasteiger partial charge in [-0.25, -0.2) is 0 Å². The normalized spacial score (nSPS) is 9.13. The summed E-state index contributed by atoms with van der Waals surface area (Å²) in [4.78, 5) is 11.1. The molecule has 78 valence electrons. The predicted octanol–water partition coefficient (Wildman–Crippen LogP) is 2.15. The highest BCUT2D eigenvalue weighted by Crippen LogP contribution is 2.23. The van der Waals surface area contributed by atoms with Gasteiger partial charge in [0.15, 0.2) is 0 Å². The van der Waals surface area contributed by atoms with Gasteiger partial charge in [0.25, 0.3) is 0 Å². The Bertz CT molecular complexity index is 412. The second-order valence-electron chi connectivity index (χ2n) is 2.73. The number of anilines is 1. The van der Waals surface area contributed by atoms with Crippen molar-refractivity contribution in [3.63, 3.8) is 0 Å². The molecule has 1 aromatic carbocycles. The Hall–Kier alpha value is -1.29. The van der Waals surface area contributed by atoms with Crippen LogP contribution in [0.1, 0.15) is 6.42 Å². The number of methoxy groups -OCH3 is 1. The molecule has 5 heteroatoms. The zero-order valence-electron chi connectivity index (χ0n) is 8.08. The molecule has 0 atom stereocenters. The summed E-state index contributed by atoms with van der Waals surface area (Å²) in [5, 5.41) is 10.9. The molecule has 0 aliphatic carbocycles. The zero-order valence-corrected chi connectivity index (χ0v) is 10.2. The maximum Gasteiger partial charge on any atom is 0.238 e. The summed E-state index contributed by atoms with van der Waals surface area (Å²) in [6.45, 7) is 0. The fraction of sp³-hybridized carbons (Fsp3) is 0.200. The molecule has 0 bridgehead atoms. The standard InChI is InChI=1S/C10H9IN2O2/c1-15-9-3-2-7(6-8(9)11)13-10(14)4-5-12/h2-3,6H,4H2,1H3,(H,13,14). The molecule has 1 amide bonds. The third kappa shape index (κ3) is 3.40. The van der Waals surface area contributed by atoms with Crippen molar-refractivity contribution in [2.45, 2.75) is 6.42 Å². The maximum absolute atomic E-state index is 11.1. The van der Waals surface area contributed by atoms with E-state index in [0.717, 1.165) is 9.32 Å². The second kappa shape index (κ2) is 5.56. The summed E-state index contributed by atoms with van der Waals surface area (Å²) in [6.07, 6.45) is -0.136. The van der Waals surface area contributed by atoms with Crippen LogP contribution in [0, 0.1) is 14.9 Å². The second-order valence-corrected chi connectivity index (χ2v) is 3.89. The Labute approximate surface area is 101 Å². The van der Waals surface area contributed by atoms with E-state index in [-0.39, 0.29) is 12.3 Å². The first-order valence-electron chi connectivity index (χ1n) is 4.17. The van der Waals surface area contributed by atoms with E-state index in [2.05, 4.69) is 27.9 Å². The van der Waals surface area contributed by atoms with Gasteiger partial charge < -0.3 is 10.1 Å². The summed E-state index contributed by atoms with van der Waals surface area (Å²) in [6, 6.07) is 7.07. The third-order valence-corrected chi connectivity index (χ3v) is 2.52. The van der Waals surface area contributed by atoms with Crippen LogP contribution in [0.15, 0.2) is 18.2 Å². The van der Waals surface area contributed by atoms with Gasteiger partial charge in [-0.15, -0.1) is 0 Å². The summed E-state index contributed by atoms with van der Waals surface area (Å²) in [5.41, 5.74) is 0.667. The molecule has 0 fully saturated rings. The molecule has 0 aliphatic rings. The molecule has 0 aromatic heterocycles. The van der Waals surface area contributed by atoms with Crippen molar-refractivity contribution in [3.8, 4) is 11.8 Å². The fourth-order valence-electron chi connectivity index (χ4n) is 1.02. The van der Waals surface area contributed by atoms with Crippen LogP contribution < -0.4 is 10.1 Å². The lowest BCUT2D eigenvalue weighted by atomic mass is 10.3. The number of rotatable bonds is 3. The highest BCUT2D eigenvalue weighted by molar-refractivity contribution is 14.1. The molecule has 15 heavy (non-hydrogen) atoms. The van der Waals surface area contributed by atoms with Crippen LogP contribution in [0.3, 0.4) is 0 Å². The van der Waals surface area contributed by atoms with Crippen molar-refractivity contribution in [2.24, 2.45) is 0 Å². The number of nitrogens with one attached hydrogen (secondary N) is 1. The van der Waals surface area contributed by atoms with Gasteiger partial charge in [0.1, 0.15) is 12.2 Å². The van der Waals surface area contributed by atoms with Gasteiger partial charge in [-0.3, -0.25) is 4.79 Å². The molecule has 1 rings (SSSR count). The third-order valence-electron chi connectivity index (χ3n) is 1.68. The molecular weight excluding hydrogens is 307 g/mol. The first-order valence-corrected chi connectivity index (χ1v) is 5.25. The maximum atomic E-state index is 11.1. The van der Waals surface area contributed by atoms with E-state index in [1.54, 1.807) is 31.4 Å². The molecule has 0 saturated carbocycles. The van der Waals surface area contributed by atoms with Gasteiger partial charge in [-0.1, -0.05) is 0 Å². The molecule has 0 aliphatic heterocycles. The van der Waals surface area contributed by atoms with Crippen molar-refractivity contribution in [3.05, 3.63) is 21.8 Å². The number of halogens is 1. The number of nitrogens with zero attached hydrogens (tertiary/aromatic N) is 1. The Balaban J connectivity index is 2.76. The number of amides is 1. The van der Waals surface area contributed by atoms with Crippen LogP contribution in [0.2, 0.25) is 0 Å². The Morgan fingerprint density at radius 2 is 2.40 bits per heavy atom. The highest BCUT2D eigenvalue weighted by Gasteiger charge is 2.04. The number of nitriles is 1. The molecule has 1 N–H and O–H groups in total. The topological polar surface area (TPSA) is 62.1 Å². The summed E-state index contributed by atoms with van der Waals surface area (Å²) >= 11 is 2.11. The van der Waals surface area contributed by atoms with E-state index in [4.69, 9.17) is 10.00 Å². The SMILES string of the molecule is COc1ccc(NC(=O)CC#N)cc1I. The highest BCUT2D eigenvalue weighted by atomic mass is 127. The number of ether oxygens (including phenoxy) is 1. The molecule has 0 unspecified atom stereocenters. The number of carbonyl (C=O) groups is 1. The van der Waals surface area contributed by atoms with Crippen molar-refractivity contribution < 1.29 is 9.53 Å². The van der Waals surface area contributed by atoms with E-state index < -0.39 is 0 Å². The number of hydrogen-bond acceptors (Lipinski definition) is 3. The molecular formula is C10H9IN2O2. The minimum Gasteiger partial charge on any atom is -0.496 e. The lowest BCUT2D eigenvalue weighted by Gasteiger charge is -2.06. The smallest absolute Gasteiger partial charge is 0.238 e. The molecule has 1 aromatic rings. The van der Waals surface area contributed by atoms with Gasteiger partial charge in [0, 0.05) is 5.69 Å². The van der Waals surface area contributed by atoms with E-state index >= 15 is 0 Å². The van der Waals surface area contributed by atoms with Crippen LogP contribution in [0.4, 0.5) is 5.69 Å². The molecule has 0 saturated heterocycles. The Kier molecular flexibility index (Phi) is 4.37. The molecule has 0 heterocycles. The number of benzene rings is 1. The van der Waals surface area contributed by atoms with E-state index in [1.165, 1.54) is 0 Å². The zero-order chi connectivity index (χ0) is 11.3. The largest absolute Gasteiger partial charge is 0.496 e. The molecule has 0 radical (unpaired) electrons. The average molecular weight is 316 g/mol. The van der Waals surface area contributed by atoms with Crippen LogP contribution in [0.5, 0.6) is 5.75 Å². The van der Waals surface area contributed by atoms with Crippen LogP contribution >= 0.6 is 22.6 Å². The van der Waals surface area contributed by atoms with Gasteiger partial charge in [-0.2, -0.15) is 5.26 Å². The number of carbonyl (C=O) groups excluding carboxylic acids is 1. The minimum absolute atomic E-state index is 0.136. The summed E-state index contributed by atoms with van der Waals surface area (Å²) in [7, 11) is 1.59. The van der Waals surface area contributed by atoms with Crippen LogP contribution in [-0.2, 0) is 4.79 Å². The fourth-order valence-corrected chi connectivity index (χ4v) is 1.76. The number of hydrogen-bond donors (Lipinski definition) is 1. The monoisotopic (exact) mass is 316 g/mol. The average Bonchev–Trinajstić information content (AvgIpc) is 2.18. The molecule has 0 spiro atoms. The minimum atomic E-state index is -0.307. The van der Waals surface area contributed by atoms with Crippen molar-refractivity contribution in [2.75, 3.05) is 12.4 Å².